The molecule has 0 unspecified atom stereocenters. The maximum absolute atomic E-state index is 8.61. The molecule has 0 spiro atoms. The fourth-order valence-corrected chi connectivity index (χ4v) is 1.53. The lowest BCUT2D eigenvalue weighted by Gasteiger charge is -2.29. The van der Waals surface area contributed by atoms with E-state index in [2.05, 4.69) is 19.0 Å². The Labute approximate surface area is 61.9 Å². The number of rotatable bonds is 0. The van der Waals surface area contributed by atoms with Crippen LogP contribution in [0.2, 0.25) is 0 Å². The third kappa shape index (κ3) is 1.31. The molecule has 0 radical (unpaired) electrons. The first-order valence-corrected chi connectivity index (χ1v) is 3.88. The van der Waals surface area contributed by atoms with Crippen molar-refractivity contribution >= 4 is 5.71 Å². The minimum Gasteiger partial charge on any atom is -0.411 e. The fourth-order valence-electron chi connectivity index (χ4n) is 1.53. The largest absolute Gasteiger partial charge is 0.411 e. The Hall–Kier alpha value is -0.530. The van der Waals surface area contributed by atoms with Gasteiger partial charge in [-0.2, -0.15) is 0 Å². The van der Waals surface area contributed by atoms with Crippen molar-refractivity contribution in [3.05, 3.63) is 0 Å². The summed E-state index contributed by atoms with van der Waals surface area (Å²) in [6.07, 6.45) is 4.59. The summed E-state index contributed by atoms with van der Waals surface area (Å²) in [5, 5.41) is 11.9. The molecule has 0 heterocycles. The van der Waals surface area contributed by atoms with E-state index in [0.29, 0.717) is 0 Å². The molecule has 1 aliphatic rings. The smallest absolute Gasteiger partial charge is 0.0626 e. The van der Waals surface area contributed by atoms with E-state index in [4.69, 9.17) is 5.21 Å². The first-order chi connectivity index (χ1) is 4.67. The molecular weight excluding hydrogens is 126 g/mol. The quantitative estimate of drug-likeness (QED) is 0.408. The van der Waals surface area contributed by atoms with Gasteiger partial charge in [0.25, 0.3) is 0 Å². The number of oxime groups is 1. The van der Waals surface area contributed by atoms with Crippen LogP contribution in [-0.2, 0) is 0 Å². The molecule has 0 atom stereocenters. The molecule has 10 heavy (non-hydrogen) atoms. The van der Waals surface area contributed by atoms with Gasteiger partial charge in [0.15, 0.2) is 0 Å². The zero-order valence-electron chi connectivity index (χ0n) is 6.72. The van der Waals surface area contributed by atoms with Crippen molar-refractivity contribution in [2.24, 2.45) is 10.6 Å². The highest BCUT2D eigenvalue weighted by atomic mass is 16.4. The van der Waals surface area contributed by atoms with Gasteiger partial charge in [-0.3, -0.25) is 0 Å². The van der Waals surface area contributed by atoms with Crippen molar-refractivity contribution in [2.75, 3.05) is 0 Å². The Balaban J connectivity index is 2.70. The minimum atomic E-state index is 0.146. The Morgan fingerprint density at radius 1 is 1.40 bits per heavy atom. The Morgan fingerprint density at radius 2 is 2.10 bits per heavy atom. The van der Waals surface area contributed by atoms with Crippen LogP contribution in [0, 0.1) is 5.41 Å². The van der Waals surface area contributed by atoms with Gasteiger partial charge < -0.3 is 5.21 Å². The van der Waals surface area contributed by atoms with Crippen molar-refractivity contribution < 1.29 is 5.21 Å². The van der Waals surface area contributed by atoms with Gasteiger partial charge in [0.2, 0.25) is 0 Å². The summed E-state index contributed by atoms with van der Waals surface area (Å²) in [6.45, 7) is 4.28. The molecule has 0 aliphatic heterocycles. The molecule has 2 heteroatoms. The second-order valence-corrected chi connectivity index (χ2v) is 3.64. The van der Waals surface area contributed by atoms with Crippen molar-refractivity contribution in [3.63, 3.8) is 0 Å². The lowest BCUT2D eigenvalue weighted by molar-refractivity contribution is 0.296. The van der Waals surface area contributed by atoms with E-state index in [0.717, 1.165) is 18.6 Å². The first kappa shape index (κ1) is 7.58. The maximum atomic E-state index is 8.61. The van der Waals surface area contributed by atoms with E-state index in [1.54, 1.807) is 0 Å². The summed E-state index contributed by atoms with van der Waals surface area (Å²) in [7, 11) is 0. The molecule has 0 aromatic rings. The average molecular weight is 141 g/mol. The van der Waals surface area contributed by atoms with Crippen LogP contribution in [0.5, 0.6) is 0 Å². The summed E-state index contributed by atoms with van der Waals surface area (Å²) >= 11 is 0. The van der Waals surface area contributed by atoms with Crippen molar-refractivity contribution in [1.82, 2.24) is 0 Å². The zero-order valence-corrected chi connectivity index (χ0v) is 6.72. The van der Waals surface area contributed by atoms with E-state index >= 15 is 0 Å². The lowest BCUT2D eigenvalue weighted by atomic mass is 9.76. The van der Waals surface area contributed by atoms with Gasteiger partial charge in [0, 0.05) is 5.41 Å². The van der Waals surface area contributed by atoms with Crippen molar-refractivity contribution in [2.45, 2.75) is 39.5 Å². The number of nitrogens with zero attached hydrogens (tertiary/aromatic N) is 1. The maximum Gasteiger partial charge on any atom is 0.0626 e. The highest BCUT2D eigenvalue weighted by Crippen LogP contribution is 2.32. The van der Waals surface area contributed by atoms with Crippen LogP contribution in [0.1, 0.15) is 39.5 Å². The monoisotopic (exact) mass is 141 g/mol. The predicted octanol–water partition coefficient (Wildman–Crippen LogP) is 2.42. The van der Waals surface area contributed by atoms with Gasteiger partial charge in [0.05, 0.1) is 5.71 Å². The molecular formula is C8H15NO. The summed E-state index contributed by atoms with van der Waals surface area (Å²) in [4.78, 5) is 0. The van der Waals surface area contributed by atoms with Crippen molar-refractivity contribution in [1.29, 1.82) is 0 Å². The molecule has 1 rings (SSSR count). The molecule has 0 aromatic heterocycles. The van der Waals surface area contributed by atoms with Gasteiger partial charge in [-0.25, -0.2) is 0 Å². The van der Waals surface area contributed by atoms with Crippen LogP contribution in [0.4, 0.5) is 0 Å². The molecule has 0 aromatic carbocycles. The fraction of sp³-hybridized carbons (Fsp3) is 0.875. The van der Waals surface area contributed by atoms with Crippen LogP contribution in [0.15, 0.2) is 5.16 Å². The molecule has 0 amide bonds. The molecule has 1 aliphatic carbocycles. The molecule has 1 N–H and O–H groups in total. The molecule has 1 saturated carbocycles. The standard InChI is InChI=1S/C8H15NO/c1-8(2)6-4-3-5-7(8)9-10/h10H,3-6H2,1-2H3/b9-7+. The molecule has 0 bridgehead atoms. The first-order valence-electron chi connectivity index (χ1n) is 3.88. The molecule has 2 nitrogen and oxygen atoms in total. The van der Waals surface area contributed by atoms with Crippen LogP contribution in [0.3, 0.4) is 0 Å². The van der Waals surface area contributed by atoms with Crippen molar-refractivity contribution in [3.8, 4) is 0 Å². The summed E-state index contributed by atoms with van der Waals surface area (Å²) in [6, 6.07) is 0. The second kappa shape index (κ2) is 2.60. The van der Waals surface area contributed by atoms with E-state index in [1.807, 2.05) is 0 Å². The van der Waals surface area contributed by atoms with E-state index in [1.165, 1.54) is 12.8 Å². The third-order valence-electron chi connectivity index (χ3n) is 2.37. The van der Waals surface area contributed by atoms with E-state index in [-0.39, 0.29) is 5.41 Å². The zero-order chi connectivity index (χ0) is 7.61. The van der Waals surface area contributed by atoms with Crippen LogP contribution >= 0.6 is 0 Å². The predicted molar refractivity (Wildman–Crippen MR) is 41.5 cm³/mol. The summed E-state index contributed by atoms with van der Waals surface area (Å²) in [5.74, 6) is 0. The topological polar surface area (TPSA) is 32.6 Å². The normalized spacial score (nSPS) is 28.8. The Kier molecular flexibility index (Phi) is 1.97. The van der Waals surface area contributed by atoms with Gasteiger partial charge in [-0.05, 0) is 19.3 Å². The molecule has 0 saturated heterocycles. The number of hydrogen-bond acceptors (Lipinski definition) is 2. The third-order valence-corrected chi connectivity index (χ3v) is 2.37. The molecule has 58 valence electrons. The minimum absolute atomic E-state index is 0.146. The Bertz CT molecular complexity index is 149. The van der Waals surface area contributed by atoms with Gasteiger partial charge in [-0.15, -0.1) is 0 Å². The number of hydrogen-bond donors (Lipinski definition) is 1. The van der Waals surface area contributed by atoms with Gasteiger partial charge in [0.1, 0.15) is 0 Å². The highest BCUT2D eigenvalue weighted by molar-refractivity contribution is 5.89. The van der Waals surface area contributed by atoms with Gasteiger partial charge >= 0.3 is 0 Å². The average Bonchev–Trinajstić information content (AvgIpc) is 1.87. The van der Waals surface area contributed by atoms with E-state index in [9.17, 15) is 0 Å². The van der Waals surface area contributed by atoms with Crippen LogP contribution in [-0.4, -0.2) is 10.9 Å². The summed E-state index contributed by atoms with van der Waals surface area (Å²) < 4.78 is 0. The van der Waals surface area contributed by atoms with Gasteiger partial charge in [-0.1, -0.05) is 25.4 Å². The molecule has 1 fully saturated rings. The highest BCUT2D eigenvalue weighted by Gasteiger charge is 2.28. The van der Waals surface area contributed by atoms with Crippen LogP contribution < -0.4 is 0 Å². The Morgan fingerprint density at radius 3 is 2.50 bits per heavy atom. The summed E-state index contributed by atoms with van der Waals surface area (Å²) in [5.41, 5.74) is 1.12. The van der Waals surface area contributed by atoms with Crippen LogP contribution in [0.25, 0.3) is 0 Å². The second-order valence-electron chi connectivity index (χ2n) is 3.64. The van der Waals surface area contributed by atoms with E-state index < -0.39 is 0 Å². The lowest BCUT2D eigenvalue weighted by Crippen LogP contribution is -2.27. The SMILES string of the molecule is CC1(C)CCCC/C1=N\O.